The number of Topliss-reactive ketones (excluding diaryl/α,β-unsaturated/α-hetero) is 1. The Balaban J connectivity index is 2.00. The molecule has 0 heterocycles. The summed E-state index contributed by atoms with van der Waals surface area (Å²) in [7, 11) is 1.58. The predicted molar refractivity (Wildman–Crippen MR) is 90.5 cm³/mol. The van der Waals surface area contributed by atoms with Crippen LogP contribution in [0.3, 0.4) is 0 Å². The van der Waals surface area contributed by atoms with Gasteiger partial charge >= 0.3 is 0 Å². The van der Waals surface area contributed by atoms with Crippen LogP contribution in [0.5, 0.6) is 5.75 Å². The highest BCUT2D eigenvalue weighted by molar-refractivity contribution is 6.04. The van der Waals surface area contributed by atoms with E-state index in [4.69, 9.17) is 4.74 Å². The van der Waals surface area contributed by atoms with Gasteiger partial charge in [-0.15, -0.1) is 0 Å². The fraction of sp³-hybridized carbons (Fsp3) is 0.526. The molecule has 1 aliphatic carbocycles. The fourth-order valence-corrected chi connectivity index (χ4v) is 3.23. The van der Waals surface area contributed by atoms with Gasteiger partial charge < -0.3 is 10.1 Å². The van der Waals surface area contributed by atoms with Crippen LogP contribution in [0.4, 0.5) is 0 Å². The first-order chi connectivity index (χ1) is 11.6. The lowest BCUT2D eigenvalue weighted by molar-refractivity contribution is -0.132. The van der Waals surface area contributed by atoms with Gasteiger partial charge in [0, 0.05) is 12.5 Å². The number of methoxy groups -OCH3 is 1. The molecule has 2 rings (SSSR count). The summed E-state index contributed by atoms with van der Waals surface area (Å²) >= 11 is 0. The van der Waals surface area contributed by atoms with E-state index in [-0.39, 0.29) is 24.2 Å². The van der Waals surface area contributed by atoms with E-state index in [0.717, 1.165) is 31.2 Å². The van der Waals surface area contributed by atoms with E-state index in [2.05, 4.69) is 5.32 Å². The molecule has 0 aromatic heterocycles. The standard InChI is InChI=1S/C19H24N2O3/c1-13(15-9-5-6-10-18(15)24-2)11-17(22)16(12-20)19(23)21-14-7-3-4-8-14/h5-6,9-10,13-14,16H,3-4,7-8,11H2,1-2H3,(H,21,23)/t13-,16-/m1/s1. The zero-order valence-corrected chi connectivity index (χ0v) is 14.2. The van der Waals surface area contributed by atoms with E-state index in [0.29, 0.717) is 5.75 Å². The molecular formula is C19H24N2O3. The van der Waals surface area contributed by atoms with Gasteiger partial charge in [0.15, 0.2) is 11.7 Å². The van der Waals surface area contributed by atoms with Gasteiger partial charge in [0.05, 0.1) is 13.2 Å². The number of amides is 1. The number of ketones is 1. The predicted octanol–water partition coefficient (Wildman–Crippen LogP) is 2.96. The Morgan fingerprint density at radius 2 is 2.00 bits per heavy atom. The summed E-state index contributed by atoms with van der Waals surface area (Å²) in [6.45, 7) is 1.90. The van der Waals surface area contributed by atoms with Gasteiger partial charge in [0.1, 0.15) is 5.75 Å². The van der Waals surface area contributed by atoms with Crippen LogP contribution in [-0.2, 0) is 9.59 Å². The maximum absolute atomic E-state index is 12.4. The lowest BCUT2D eigenvalue weighted by Gasteiger charge is -2.18. The maximum atomic E-state index is 12.4. The summed E-state index contributed by atoms with van der Waals surface area (Å²) in [5.41, 5.74) is 0.904. The lowest BCUT2D eigenvalue weighted by Crippen LogP contribution is -2.40. The molecule has 0 bridgehead atoms. The summed E-state index contributed by atoms with van der Waals surface area (Å²) in [4.78, 5) is 24.7. The van der Waals surface area contributed by atoms with Gasteiger partial charge in [-0.3, -0.25) is 9.59 Å². The molecule has 1 fully saturated rings. The summed E-state index contributed by atoms with van der Waals surface area (Å²) in [5, 5.41) is 12.1. The number of nitrogens with zero attached hydrogens (tertiary/aromatic N) is 1. The zero-order chi connectivity index (χ0) is 17.5. The van der Waals surface area contributed by atoms with E-state index in [9.17, 15) is 14.9 Å². The molecule has 1 saturated carbocycles. The summed E-state index contributed by atoms with van der Waals surface area (Å²) < 4.78 is 5.32. The molecule has 0 aliphatic heterocycles. The topological polar surface area (TPSA) is 79.2 Å². The van der Waals surface area contributed by atoms with Crippen LogP contribution in [0.2, 0.25) is 0 Å². The second-order valence-electron chi connectivity index (χ2n) is 6.37. The zero-order valence-electron chi connectivity index (χ0n) is 14.2. The minimum atomic E-state index is -1.23. The van der Waals surface area contributed by atoms with Crippen LogP contribution in [-0.4, -0.2) is 24.8 Å². The molecule has 1 aromatic carbocycles. The molecular weight excluding hydrogens is 304 g/mol. The van der Waals surface area contributed by atoms with Crippen molar-refractivity contribution in [3.63, 3.8) is 0 Å². The van der Waals surface area contributed by atoms with Crippen molar-refractivity contribution in [2.24, 2.45) is 5.92 Å². The first-order valence-corrected chi connectivity index (χ1v) is 8.42. The van der Waals surface area contributed by atoms with Crippen molar-refractivity contribution in [1.82, 2.24) is 5.32 Å². The van der Waals surface area contributed by atoms with Gasteiger partial charge in [-0.1, -0.05) is 38.0 Å². The number of nitrogens with one attached hydrogen (secondary N) is 1. The van der Waals surface area contributed by atoms with Gasteiger partial charge in [0.25, 0.3) is 0 Å². The number of nitriles is 1. The average molecular weight is 328 g/mol. The number of hydrogen-bond donors (Lipinski definition) is 1. The van der Waals surface area contributed by atoms with Crippen molar-refractivity contribution in [3.05, 3.63) is 29.8 Å². The Hall–Kier alpha value is -2.35. The molecule has 0 unspecified atom stereocenters. The third kappa shape index (κ3) is 4.35. The van der Waals surface area contributed by atoms with E-state index in [1.54, 1.807) is 7.11 Å². The molecule has 24 heavy (non-hydrogen) atoms. The first kappa shape index (κ1) is 18.0. The van der Waals surface area contributed by atoms with Gasteiger partial charge in [0.2, 0.25) is 5.91 Å². The molecule has 5 heteroatoms. The van der Waals surface area contributed by atoms with Gasteiger partial charge in [-0.25, -0.2) is 0 Å². The number of ether oxygens (including phenoxy) is 1. The van der Waals surface area contributed by atoms with Crippen molar-refractivity contribution in [1.29, 1.82) is 5.26 Å². The highest BCUT2D eigenvalue weighted by Gasteiger charge is 2.30. The number of hydrogen-bond acceptors (Lipinski definition) is 4. The molecule has 0 radical (unpaired) electrons. The second kappa shape index (κ2) is 8.49. The SMILES string of the molecule is COc1ccccc1[C@H](C)CC(=O)[C@@H](C#N)C(=O)NC1CCCC1. The molecule has 1 N–H and O–H groups in total. The van der Waals surface area contributed by atoms with Crippen molar-refractivity contribution in [2.45, 2.75) is 51.0 Å². The number of benzene rings is 1. The molecule has 2 atom stereocenters. The average Bonchev–Trinajstić information content (AvgIpc) is 3.08. The highest BCUT2D eigenvalue weighted by atomic mass is 16.5. The highest BCUT2D eigenvalue weighted by Crippen LogP contribution is 2.29. The van der Waals surface area contributed by atoms with Gasteiger partial charge in [-0.2, -0.15) is 5.26 Å². The fourth-order valence-electron chi connectivity index (χ4n) is 3.23. The Bertz CT molecular complexity index is 630. The summed E-state index contributed by atoms with van der Waals surface area (Å²) in [5.74, 6) is -1.44. The smallest absolute Gasteiger partial charge is 0.245 e. The number of para-hydroxylation sites is 1. The molecule has 0 saturated heterocycles. The Labute approximate surface area is 143 Å². The van der Waals surface area contributed by atoms with Crippen LogP contribution in [0.25, 0.3) is 0 Å². The third-order valence-electron chi connectivity index (χ3n) is 4.59. The molecule has 5 nitrogen and oxygen atoms in total. The van der Waals surface area contributed by atoms with E-state index in [1.807, 2.05) is 37.3 Å². The van der Waals surface area contributed by atoms with E-state index < -0.39 is 11.8 Å². The largest absolute Gasteiger partial charge is 0.496 e. The van der Waals surface area contributed by atoms with Crippen LogP contribution in [0, 0.1) is 17.2 Å². The monoisotopic (exact) mass is 328 g/mol. The maximum Gasteiger partial charge on any atom is 0.245 e. The Morgan fingerprint density at radius 3 is 2.62 bits per heavy atom. The van der Waals surface area contributed by atoms with Crippen molar-refractivity contribution < 1.29 is 14.3 Å². The number of carbonyl (C=O) groups is 2. The van der Waals surface area contributed by atoms with Gasteiger partial charge in [-0.05, 0) is 30.4 Å². The van der Waals surface area contributed by atoms with E-state index in [1.165, 1.54) is 0 Å². The van der Waals surface area contributed by atoms with Crippen LogP contribution in [0.1, 0.15) is 50.5 Å². The Morgan fingerprint density at radius 1 is 1.33 bits per heavy atom. The van der Waals surface area contributed by atoms with Crippen LogP contribution >= 0.6 is 0 Å². The molecule has 1 aromatic rings. The first-order valence-electron chi connectivity index (χ1n) is 8.42. The minimum absolute atomic E-state index is 0.104. The van der Waals surface area contributed by atoms with E-state index >= 15 is 0 Å². The van der Waals surface area contributed by atoms with Crippen LogP contribution < -0.4 is 10.1 Å². The molecule has 1 amide bonds. The molecule has 1 aliphatic rings. The summed E-state index contributed by atoms with van der Waals surface area (Å²) in [6.07, 6.45) is 4.16. The molecule has 0 spiro atoms. The number of rotatable bonds is 7. The number of carbonyl (C=O) groups excluding carboxylic acids is 2. The summed E-state index contributed by atoms with van der Waals surface area (Å²) in [6, 6.07) is 9.46. The Kier molecular flexibility index (Phi) is 6.36. The lowest BCUT2D eigenvalue weighted by atomic mass is 9.90. The van der Waals surface area contributed by atoms with Crippen LogP contribution in [0.15, 0.2) is 24.3 Å². The van der Waals surface area contributed by atoms with Crippen molar-refractivity contribution >= 4 is 11.7 Å². The quantitative estimate of drug-likeness (QED) is 0.780. The normalized spacial score (nSPS) is 16.9. The van der Waals surface area contributed by atoms with Crippen molar-refractivity contribution in [2.75, 3.05) is 7.11 Å². The minimum Gasteiger partial charge on any atom is -0.496 e. The third-order valence-corrected chi connectivity index (χ3v) is 4.59. The van der Waals surface area contributed by atoms with Crippen molar-refractivity contribution in [3.8, 4) is 11.8 Å². The molecule has 128 valence electrons. The second-order valence-corrected chi connectivity index (χ2v) is 6.37.